The van der Waals surface area contributed by atoms with Crippen LogP contribution < -0.4 is 0 Å². The minimum atomic E-state index is -0.223. The zero-order chi connectivity index (χ0) is 16.7. The van der Waals surface area contributed by atoms with Gasteiger partial charge in [-0.2, -0.15) is 0 Å². The molecule has 0 fully saturated rings. The lowest BCUT2D eigenvalue weighted by atomic mass is 9.93. The molecule has 6 heteroatoms. The van der Waals surface area contributed by atoms with Crippen LogP contribution in [0.15, 0.2) is 39.0 Å². The van der Waals surface area contributed by atoms with Gasteiger partial charge >= 0.3 is 5.97 Å². The molecule has 0 bridgehead atoms. The van der Waals surface area contributed by atoms with Gasteiger partial charge in [0.05, 0.1) is 6.61 Å². The van der Waals surface area contributed by atoms with Gasteiger partial charge in [-0.1, -0.05) is 39.2 Å². The monoisotopic (exact) mass is 319 g/mol. The second-order valence-corrected chi connectivity index (χ2v) is 6.38. The van der Waals surface area contributed by atoms with E-state index in [1.54, 1.807) is 6.08 Å². The Hall–Kier alpha value is -1.98. The number of allylic oxidation sites excluding steroid dienone is 2. The maximum atomic E-state index is 11.8. The van der Waals surface area contributed by atoms with Crippen molar-refractivity contribution in [1.29, 1.82) is 0 Å². The van der Waals surface area contributed by atoms with E-state index in [-0.39, 0.29) is 24.1 Å². The van der Waals surface area contributed by atoms with Crippen LogP contribution in [0.4, 0.5) is 0 Å². The van der Waals surface area contributed by atoms with E-state index in [1.807, 2.05) is 6.08 Å². The van der Waals surface area contributed by atoms with Crippen molar-refractivity contribution < 1.29 is 14.6 Å². The predicted molar refractivity (Wildman–Crippen MR) is 88.1 cm³/mol. The molecule has 0 radical (unpaired) electrons. The van der Waals surface area contributed by atoms with Gasteiger partial charge in [-0.05, 0) is 30.1 Å². The number of ether oxygens (including phenoxy) is 1. The molecule has 0 saturated heterocycles. The maximum absolute atomic E-state index is 11.8. The highest BCUT2D eigenvalue weighted by atomic mass is 16.5. The Labute approximate surface area is 137 Å². The summed E-state index contributed by atoms with van der Waals surface area (Å²) in [5.41, 5.74) is 0.985. The van der Waals surface area contributed by atoms with Crippen molar-refractivity contribution in [2.45, 2.75) is 52.4 Å². The van der Waals surface area contributed by atoms with Crippen molar-refractivity contribution in [2.75, 3.05) is 6.61 Å². The largest absolute Gasteiger partial charge is 0.509 e. The molecule has 0 saturated carbocycles. The molecule has 126 valence electrons. The van der Waals surface area contributed by atoms with E-state index in [1.165, 1.54) is 12.8 Å². The van der Waals surface area contributed by atoms with Crippen molar-refractivity contribution in [1.82, 2.24) is 0 Å². The molecule has 0 spiro atoms. The van der Waals surface area contributed by atoms with Crippen LogP contribution in [0.1, 0.15) is 52.4 Å². The van der Waals surface area contributed by atoms with Gasteiger partial charge in [0.15, 0.2) is 5.70 Å². The van der Waals surface area contributed by atoms with E-state index in [0.29, 0.717) is 24.4 Å². The van der Waals surface area contributed by atoms with Gasteiger partial charge in [-0.3, -0.25) is 4.79 Å². The van der Waals surface area contributed by atoms with Gasteiger partial charge < -0.3 is 9.84 Å². The zero-order valence-corrected chi connectivity index (χ0v) is 13.9. The summed E-state index contributed by atoms with van der Waals surface area (Å²) in [6.45, 7) is 4.91. The number of carbonyl (C=O) groups excluding carboxylic acids is 1. The van der Waals surface area contributed by atoms with Gasteiger partial charge in [0.1, 0.15) is 11.5 Å². The predicted octanol–water partition coefficient (Wildman–Crippen LogP) is 4.30. The third kappa shape index (κ3) is 5.30. The van der Waals surface area contributed by atoms with Crippen molar-refractivity contribution in [3.63, 3.8) is 0 Å². The number of carbonyl (C=O) groups is 1. The summed E-state index contributed by atoms with van der Waals surface area (Å²) in [6.07, 6.45) is 8.80. The van der Waals surface area contributed by atoms with E-state index in [2.05, 4.69) is 29.3 Å². The molecule has 6 nitrogen and oxygen atoms in total. The Kier molecular flexibility index (Phi) is 6.50. The lowest BCUT2D eigenvalue weighted by molar-refractivity contribution is -0.144. The average molecular weight is 319 g/mol. The second-order valence-electron chi connectivity index (χ2n) is 6.38. The fraction of sp³-hybridized carbons (Fsp3) is 0.647. The Bertz CT molecular complexity index is 547. The van der Waals surface area contributed by atoms with Gasteiger partial charge in [0.2, 0.25) is 0 Å². The first kappa shape index (κ1) is 17.4. The van der Waals surface area contributed by atoms with Crippen LogP contribution in [0, 0.1) is 11.8 Å². The number of rotatable bonds is 9. The third-order valence-electron chi connectivity index (χ3n) is 3.97. The summed E-state index contributed by atoms with van der Waals surface area (Å²) >= 11 is 0. The Balaban J connectivity index is 1.62. The van der Waals surface area contributed by atoms with Crippen LogP contribution in [-0.4, -0.2) is 23.4 Å². The number of hydrogen-bond donors (Lipinski definition) is 1. The summed E-state index contributed by atoms with van der Waals surface area (Å²) in [5.74, 6) is 0.425. The third-order valence-corrected chi connectivity index (χ3v) is 3.97. The summed E-state index contributed by atoms with van der Waals surface area (Å²) in [4.78, 5) is 11.8. The molecule has 2 aliphatic rings. The normalized spacial score (nSPS) is 19.3. The van der Waals surface area contributed by atoms with E-state index < -0.39 is 0 Å². The first-order valence-electron chi connectivity index (χ1n) is 8.34. The van der Waals surface area contributed by atoms with Gasteiger partial charge in [0.25, 0.3) is 0 Å². The topological polar surface area (TPSA) is 83.6 Å². The number of esters is 1. The molecular formula is C17H25N3O3. The summed E-state index contributed by atoms with van der Waals surface area (Å²) in [6, 6.07) is 0. The van der Waals surface area contributed by atoms with Crippen molar-refractivity contribution >= 4 is 11.7 Å². The van der Waals surface area contributed by atoms with E-state index in [0.717, 1.165) is 18.8 Å². The summed E-state index contributed by atoms with van der Waals surface area (Å²) < 4.78 is 5.24. The molecule has 0 aromatic carbocycles. The van der Waals surface area contributed by atoms with E-state index >= 15 is 0 Å². The van der Waals surface area contributed by atoms with Gasteiger partial charge in [0, 0.05) is 12.3 Å². The molecule has 23 heavy (non-hydrogen) atoms. The molecule has 1 atom stereocenters. The van der Waals surface area contributed by atoms with Crippen LogP contribution in [0.25, 0.3) is 0 Å². The van der Waals surface area contributed by atoms with Crippen LogP contribution >= 0.6 is 0 Å². The Morgan fingerprint density at radius 2 is 2.17 bits per heavy atom. The standard InChI is InChI=1S/C17H25N3O3/c1-12(2)6-4-3-5-11-23-15(21)10-8-13-7-9-14-16(17(13)22)19-20-18-14/h7,9,12-13,22H,3-6,8,10-11H2,1-2H3. The fourth-order valence-electron chi connectivity index (χ4n) is 2.58. The van der Waals surface area contributed by atoms with E-state index in [9.17, 15) is 9.90 Å². The second kappa shape index (κ2) is 8.60. The zero-order valence-electron chi connectivity index (χ0n) is 13.9. The fourth-order valence-corrected chi connectivity index (χ4v) is 2.58. The van der Waals surface area contributed by atoms with Crippen molar-refractivity contribution in [3.8, 4) is 0 Å². The highest BCUT2D eigenvalue weighted by Crippen LogP contribution is 2.28. The molecule has 1 aliphatic carbocycles. The lowest BCUT2D eigenvalue weighted by Gasteiger charge is -2.16. The molecule has 1 N–H and O–H groups in total. The average Bonchev–Trinajstić information content (AvgIpc) is 2.99. The number of nitrogens with zero attached hydrogens (tertiary/aromatic N) is 3. The first-order valence-corrected chi connectivity index (χ1v) is 8.34. The minimum Gasteiger partial charge on any atom is -0.509 e. The number of aliphatic hydroxyl groups is 1. The number of aliphatic hydroxyl groups excluding tert-OH is 1. The van der Waals surface area contributed by atoms with Crippen LogP contribution in [0.2, 0.25) is 0 Å². The number of unbranched alkanes of at least 4 members (excludes halogenated alkanes) is 2. The maximum Gasteiger partial charge on any atom is 0.305 e. The summed E-state index contributed by atoms with van der Waals surface area (Å²) in [7, 11) is 0. The first-order chi connectivity index (χ1) is 11.1. The van der Waals surface area contributed by atoms with E-state index in [4.69, 9.17) is 4.74 Å². The Morgan fingerprint density at radius 3 is 2.96 bits per heavy atom. The van der Waals surface area contributed by atoms with Crippen LogP contribution in [-0.2, 0) is 9.53 Å². The molecule has 0 amide bonds. The number of fused-ring (bicyclic) bond motifs is 1. The van der Waals surface area contributed by atoms with Gasteiger partial charge in [-0.25, -0.2) is 0 Å². The van der Waals surface area contributed by atoms with Gasteiger partial charge in [-0.15, -0.1) is 10.2 Å². The quantitative estimate of drug-likeness (QED) is 0.508. The lowest BCUT2D eigenvalue weighted by Crippen LogP contribution is -2.15. The highest BCUT2D eigenvalue weighted by molar-refractivity contribution is 6.09. The van der Waals surface area contributed by atoms with Crippen LogP contribution in [0.3, 0.4) is 0 Å². The number of hydrogen-bond acceptors (Lipinski definition) is 6. The smallest absolute Gasteiger partial charge is 0.305 e. The molecule has 2 rings (SSSR count). The highest BCUT2D eigenvalue weighted by Gasteiger charge is 2.26. The molecule has 1 unspecified atom stereocenters. The van der Waals surface area contributed by atoms with Crippen molar-refractivity contribution in [2.24, 2.45) is 27.3 Å². The molecule has 1 heterocycles. The molecule has 0 aromatic heterocycles. The Morgan fingerprint density at radius 1 is 1.35 bits per heavy atom. The molecular weight excluding hydrogens is 294 g/mol. The van der Waals surface area contributed by atoms with Crippen molar-refractivity contribution in [3.05, 3.63) is 23.6 Å². The minimum absolute atomic E-state index is 0.133. The summed E-state index contributed by atoms with van der Waals surface area (Å²) in [5, 5.41) is 21.2. The molecule has 0 aromatic rings. The SMILES string of the molecule is CC(C)CCCCCOC(=O)CCC1C=CC2=NN=NC2=C1O. The molecule has 1 aliphatic heterocycles. The van der Waals surface area contributed by atoms with Crippen LogP contribution in [0.5, 0.6) is 0 Å².